The first-order chi connectivity index (χ1) is 11.9. The Morgan fingerprint density at radius 3 is 2.56 bits per heavy atom. The van der Waals surface area contributed by atoms with Gasteiger partial charge in [0.1, 0.15) is 5.75 Å². The SMILES string of the molecule is CC(=O)c1ccc(NC(=O)Cc2ccc3c(c2)NC(=O)C(C)O3)cc1. The third-order valence-electron chi connectivity index (χ3n) is 3.91. The molecule has 0 saturated carbocycles. The summed E-state index contributed by atoms with van der Waals surface area (Å²) in [4.78, 5) is 35.1. The van der Waals surface area contributed by atoms with E-state index in [-0.39, 0.29) is 24.0 Å². The van der Waals surface area contributed by atoms with Crippen molar-refractivity contribution < 1.29 is 19.1 Å². The highest BCUT2D eigenvalue weighted by molar-refractivity contribution is 5.98. The van der Waals surface area contributed by atoms with E-state index in [4.69, 9.17) is 4.74 Å². The first kappa shape index (κ1) is 16.7. The van der Waals surface area contributed by atoms with Crippen molar-refractivity contribution in [3.8, 4) is 5.75 Å². The molecule has 128 valence electrons. The van der Waals surface area contributed by atoms with Gasteiger partial charge in [0.15, 0.2) is 11.9 Å². The van der Waals surface area contributed by atoms with Crippen molar-refractivity contribution in [1.82, 2.24) is 0 Å². The van der Waals surface area contributed by atoms with Crippen molar-refractivity contribution >= 4 is 29.0 Å². The number of benzene rings is 2. The van der Waals surface area contributed by atoms with Gasteiger partial charge in [-0.3, -0.25) is 14.4 Å². The highest BCUT2D eigenvalue weighted by Gasteiger charge is 2.23. The van der Waals surface area contributed by atoms with Crippen LogP contribution in [0.25, 0.3) is 0 Å². The molecule has 1 aliphatic heterocycles. The van der Waals surface area contributed by atoms with Gasteiger partial charge in [-0.05, 0) is 55.8 Å². The second-order valence-corrected chi connectivity index (χ2v) is 5.94. The van der Waals surface area contributed by atoms with Crippen LogP contribution >= 0.6 is 0 Å². The molecule has 0 radical (unpaired) electrons. The van der Waals surface area contributed by atoms with Crippen LogP contribution in [-0.2, 0) is 16.0 Å². The summed E-state index contributed by atoms with van der Waals surface area (Å²) in [5.41, 5.74) is 2.55. The van der Waals surface area contributed by atoms with E-state index in [0.29, 0.717) is 22.7 Å². The van der Waals surface area contributed by atoms with Gasteiger partial charge in [-0.15, -0.1) is 0 Å². The predicted molar refractivity (Wildman–Crippen MR) is 93.9 cm³/mol. The Balaban J connectivity index is 1.66. The molecule has 6 nitrogen and oxygen atoms in total. The molecule has 1 heterocycles. The fraction of sp³-hybridized carbons (Fsp3) is 0.211. The summed E-state index contributed by atoms with van der Waals surface area (Å²) in [5, 5.41) is 5.55. The second-order valence-electron chi connectivity index (χ2n) is 5.94. The lowest BCUT2D eigenvalue weighted by atomic mass is 10.1. The lowest BCUT2D eigenvalue weighted by molar-refractivity contribution is -0.122. The van der Waals surface area contributed by atoms with Crippen LogP contribution in [0.2, 0.25) is 0 Å². The van der Waals surface area contributed by atoms with E-state index in [0.717, 1.165) is 5.56 Å². The maximum Gasteiger partial charge on any atom is 0.265 e. The Kier molecular flexibility index (Phi) is 4.52. The average Bonchev–Trinajstić information content (AvgIpc) is 2.56. The molecule has 0 spiro atoms. The molecule has 2 aromatic rings. The molecule has 0 fully saturated rings. The number of anilines is 2. The Hall–Kier alpha value is -3.15. The predicted octanol–water partition coefficient (Wildman–Crippen LogP) is 2.79. The molecule has 0 bridgehead atoms. The number of nitrogens with one attached hydrogen (secondary N) is 2. The summed E-state index contributed by atoms with van der Waals surface area (Å²) in [5.74, 6) is 0.174. The number of amides is 2. The molecule has 1 atom stereocenters. The normalized spacial score (nSPS) is 15.6. The maximum atomic E-state index is 12.2. The fourth-order valence-corrected chi connectivity index (χ4v) is 2.54. The molecule has 3 rings (SSSR count). The lowest BCUT2D eigenvalue weighted by Crippen LogP contribution is -2.34. The highest BCUT2D eigenvalue weighted by atomic mass is 16.5. The van der Waals surface area contributed by atoms with Crippen LogP contribution in [0.5, 0.6) is 5.75 Å². The van der Waals surface area contributed by atoms with Crippen LogP contribution in [-0.4, -0.2) is 23.7 Å². The van der Waals surface area contributed by atoms with Gasteiger partial charge in [-0.2, -0.15) is 0 Å². The molecule has 2 N–H and O–H groups in total. The number of ketones is 1. The zero-order valence-corrected chi connectivity index (χ0v) is 14.0. The largest absolute Gasteiger partial charge is 0.479 e. The maximum absolute atomic E-state index is 12.2. The smallest absolute Gasteiger partial charge is 0.265 e. The third-order valence-corrected chi connectivity index (χ3v) is 3.91. The summed E-state index contributed by atoms with van der Waals surface area (Å²) >= 11 is 0. The van der Waals surface area contributed by atoms with E-state index in [1.54, 1.807) is 49.4 Å². The van der Waals surface area contributed by atoms with Crippen LogP contribution in [0.15, 0.2) is 42.5 Å². The molecule has 1 unspecified atom stereocenters. The first-order valence-corrected chi connectivity index (χ1v) is 7.93. The summed E-state index contributed by atoms with van der Waals surface area (Å²) in [6.07, 6.45) is -0.368. The van der Waals surface area contributed by atoms with E-state index in [9.17, 15) is 14.4 Å². The number of Topliss-reactive ketones (excluding diaryl/α,β-unsaturated/α-hetero) is 1. The number of fused-ring (bicyclic) bond motifs is 1. The number of rotatable bonds is 4. The van der Waals surface area contributed by atoms with Gasteiger partial charge >= 0.3 is 0 Å². The quantitative estimate of drug-likeness (QED) is 0.840. The van der Waals surface area contributed by atoms with Gasteiger partial charge in [-0.25, -0.2) is 0 Å². The summed E-state index contributed by atoms with van der Waals surface area (Å²) in [6.45, 7) is 3.17. The van der Waals surface area contributed by atoms with Gasteiger partial charge in [0.05, 0.1) is 12.1 Å². The molecule has 25 heavy (non-hydrogen) atoms. The Morgan fingerprint density at radius 1 is 1.16 bits per heavy atom. The average molecular weight is 338 g/mol. The van der Waals surface area contributed by atoms with Gasteiger partial charge < -0.3 is 15.4 Å². The number of hydrogen-bond acceptors (Lipinski definition) is 4. The molecule has 2 amide bonds. The van der Waals surface area contributed by atoms with Gasteiger partial charge in [-0.1, -0.05) is 6.07 Å². The van der Waals surface area contributed by atoms with Gasteiger partial charge in [0.25, 0.3) is 5.91 Å². The summed E-state index contributed by atoms with van der Waals surface area (Å²) in [6, 6.07) is 12.0. The monoisotopic (exact) mass is 338 g/mol. The molecular formula is C19H18N2O4. The molecule has 0 aromatic heterocycles. The fourth-order valence-electron chi connectivity index (χ4n) is 2.54. The number of ether oxygens (including phenoxy) is 1. The Labute approximate surface area is 145 Å². The van der Waals surface area contributed by atoms with E-state index in [1.807, 2.05) is 0 Å². The van der Waals surface area contributed by atoms with Gasteiger partial charge in [0, 0.05) is 11.3 Å². The molecular weight excluding hydrogens is 320 g/mol. The first-order valence-electron chi connectivity index (χ1n) is 7.93. The molecule has 1 aliphatic rings. The number of carbonyl (C=O) groups excluding carboxylic acids is 3. The molecule has 6 heteroatoms. The molecule has 0 saturated heterocycles. The summed E-state index contributed by atoms with van der Waals surface area (Å²) in [7, 11) is 0. The molecule has 2 aromatic carbocycles. The van der Waals surface area contributed by atoms with Crippen LogP contribution in [0.4, 0.5) is 11.4 Å². The van der Waals surface area contributed by atoms with Crippen LogP contribution in [0.1, 0.15) is 29.8 Å². The minimum Gasteiger partial charge on any atom is -0.479 e. The van der Waals surface area contributed by atoms with Crippen LogP contribution < -0.4 is 15.4 Å². The van der Waals surface area contributed by atoms with Crippen molar-refractivity contribution in [2.45, 2.75) is 26.4 Å². The van der Waals surface area contributed by atoms with Crippen molar-refractivity contribution in [2.24, 2.45) is 0 Å². The standard InChI is InChI=1S/C19H18N2O4/c1-11(22)14-4-6-15(7-5-14)20-18(23)10-13-3-8-17-16(9-13)21-19(24)12(2)25-17/h3-9,12H,10H2,1-2H3,(H,20,23)(H,21,24). The van der Waals surface area contributed by atoms with Crippen LogP contribution in [0, 0.1) is 0 Å². The van der Waals surface area contributed by atoms with E-state index in [2.05, 4.69) is 10.6 Å². The Bertz CT molecular complexity index is 843. The van der Waals surface area contributed by atoms with E-state index < -0.39 is 6.10 Å². The number of hydrogen-bond donors (Lipinski definition) is 2. The van der Waals surface area contributed by atoms with Crippen LogP contribution in [0.3, 0.4) is 0 Å². The molecule has 0 aliphatic carbocycles. The number of carbonyl (C=O) groups is 3. The third kappa shape index (κ3) is 3.85. The van der Waals surface area contributed by atoms with Crippen molar-refractivity contribution in [2.75, 3.05) is 10.6 Å². The van der Waals surface area contributed by atoms with E-state index in [1.165, 1.54) is 6.92 Å². The van der Waals surface area contributed by atoms with E-state index >= 15 is 0 Å². The summed E-state index contributed by atoms with van der Waals surface area (Å²) < 4.78 is 5.49. The van der Waals surface area contributed by atoms with Crippen molar-refractivity contribution in [1.29, 1.82) is 0 Å². The second kappa shape index (κ2) is 6.76. The zero-order chi connectivity index (χ0) is 18.0. The Morgan fingerprint density at radius 2 is 1.88 bits per heavy atom. The van der Waals surface area contributed by atoms with Gasteiger partial charge in [0.2, 0.25) is 5.91 Å². The van der Waals surface area contributed by atoms with Crippen molar-refractivity contribution in [3.63, 3.8) is 0 Å². The highest BCUT2D eigenvalue weighted by Crippen LogP contribution is 2.30. The topological polar surface area (TPSA) is 84.5 Å². The minimum atomic E-state index is -0.528. The van der Waals surface area contributed by atoms with Crippen molar-refractivity contribution in [3.05, 3.63) is 53.6 Å². The minimum absolute atomic E-state index is 0.0227. The lowest BCUT2D eigenvalue weighted by Gasteiger charge is -2.23. The zero-order valence-electron chi connectivity index (χ0n) is 14.0.